The molecule has 36 heavy (non-hydrogen) atoms. The van der Waals surface area contributed by atoms with Crippen molar-refractivity contribution in [1.29, 1.82) is 0 Å². The van der Waals surface area contributed by atoms with E-state index in [1.165, 1.54) is 4.90 Å². The number of anilines is 1. The van der Waals surface area contributed by atoms with E-state index < -0.39 is 17.7 Å². The first-order valence-electron chi connectivity index (χ1n) is 11.8. The van der Waals surface area contributed by atoms with Gasteiger partial charge in [-0.05, 0) is 93.4 Å². The Balaban J connectivity index is 1.89. The zero-order valence-corrected chi connectivity index (χ0v) is 21.4. The van der Waals surface area contributed by atoms with Crippen molar-refractivity contribution in [2.45, 2.75) is 39.8 Å². The molecule has 0 bridgehead atoms. The number of nitrogens with zero attached hydrogens (tertiary/aromatic N) is 1. The third kappa shape index (κ3) is 4.95. The number of Topliss-reactive ketones (excluding diaryl/α,β-unsaturated/α-hetero) is 1. The van der Waals surface area contributed by atoms with E-state index in [1.54, 1.807) is 66.7 Å². The molecule has 1 aliphatic heterocycles. The number of halogens is 1. The lowest BCUT2D eigenvalue weighted by Crippen LogP contribution is -2.29. The van der Waals surface area contributed by atoms with Gasteiger partial charge in [-0.2, -0.15) is 0 Å². The summed E-state index contributed by atoms with van der Waals surface area (Å²) in [6.07, 6.45) is -0.00883. The molecule has 1 fully saturated rings. The van der Waals surface area contributed by atoms with Crippen LogP contribution < -0.4 is 14.4 Å². The average Bonchev–Trinajstić information content (AvgIpc) is 3.11. The van der Waals surface area contributed by atoms with Crippen LogP contribution in [0, 0.1) is 6.92 Å². The first-order chi connectivity index (χ1) is 17.2. The highest BCUT2D eigenvalue weighted by Crippen LogP contribution is 2.43. The second kappa shape index (κ2) is 10.5. The van der Waals surface area contributed by atoms with Crippen LogP contribution in [0.5, 0.6) is 11.5 Å². The maximum atomic E-state index is 13.4. The van der Waals surface area contributed by atoms with Crippen molar-refractivity contribution in [1.82, 2.24) is 0 Å². The van der Waals surface area contributed by atoms with Gasteiger partial charge in [-0.25, -0.2) is 0 Å². The zero-order chi connectivity index (χ0) is 26.0. The van der Waals surface area contributed by atoms with E-state index >= 15 is 0 Å². The Kier molecular flexibility index (Phi) is 7.36. The zero-order valence-electron chi connectivity index (χ0n) is 20.6. The van der Waals surface area contributed by atoms with Gasteiger partial charge in [-0.1, -0.05) is 23.7 Å². The van der Waals surface area contributed by atoms with Crippen LogP contribution in [0.25, 0.3) is 5.76 Å². The van der Waals surface area contributed by atoms with Crippen molar-refractivity contribution in [2.24, 2.45) is 0 Å². The van der Waals surface area contributed by atoms with E-state index in [4.69, 9.17) is 21.1 Å². The summed E-state index contributed by atoms with van der Waals surface area (Å²) in [7, 11) is 0. The molecule has 0 saturated carbocycles. The Bertz CT molecular complexity index is 1330. The van der Waals surface area contributed by atoms with Crippen molar-refractivity contribution < 1.29 is 24.2 Å². The first-order valence-corrected chi connectivity index (χ1v) is 12.2. The molecule has 1 aliphatic rings. The minimum atomic E-state index is -0.863. The molecule has 1 heterocycles. The number of ketones is 1. The highest BCUT2D eigenvalue weighted by molar-refractivity contribution is 6.51. The van der Waals surface area contributed by atoms with E-state index in [-0.39, 0.29) is 17.4 Å². The summed E-state index contributed by atoms with van der Waals surface area (Å²) in [5, 5.41) is 11.9. The predicted octanol–water partition coefficient (Wildman–Crippen LogP) is 6.46. The number of aryl methyl sites for hydroxylation is 1. The van der Waals surface area contributed by atoms with Crippen LogP contribution in [0.2, 0.25) is 5.02 Å². The summed E-state index contributed by atoms with van der Waals surface area (Å²) in [6.45, 7) is 8.07. The summed E-state index contributed by atoms with van der Waals surface area (Å²) in [6, 6.07) is 18.2. The molecule has 1 N–H and O–H groups in total. The molecule has 4 rings (SSSR count). The van der Waals surface area contributed by atoms with Gasteiger partial charge in [0.25, 0.3) is 11.7 Å². The topological polar surface area (TPSA) is 76.1 Å². The predicted molar refractivity (Wildman–Crippen MR) is 141 cm³/mol. The first kappa shape index (κ1) is 25.3. The summed E-state index contributed by atoms with van der Waals surface area (Å²) in [4.78, 5) is 28.1. The van der Waals surface area contributed by atoms with Crippen LogP contribution in [0.1, 0.15) is 43.5 Å². The van der Waals surface area contributed by atoms with Crippen LogP contribution in [0.15, 0.2) is 72.3 Å². The number of aliphatic hydroxyl groups is 1. The quantitative estimate of drug-likeness (QED) is 0.226. The fraction of sp³-hybridized carbons (Fsp3) is 0.241. The average molecular weight is 506 g/mol. The Morgan fingerprint density at radius 1 is 1.06 bits per heavy atom. The van der Waals surface area contributed by atoms with Gasteiger partial charge in [0.05, 0.1) is 24.3 Å². The molecule has 6 nitrogen and oxygen atoms in total. The van der Waals surface area contributed by atoms with Crippen molar-refractivity contribution in [3.05, 3.63) is 94.0 Å². The van der Waals surface area contributed by atoms with Gasteiger partial charge >= 0.3 is 0 Å². The molecule has 1 atom stereocenters. The number of aliphatic hydroxyl groups excluding tert-OH is 1. The van der Waals surface area contributed by atoms with E-state index in [9.17, 15) is 14.7 Å². The Morgan fingerprint density at radius 3 is 2.42 bits per heavy atom. The molecule has 0 aliphatic carbocycles. The molecule has 1 unspecified atom stereocenters. The maximum Gasteiger partial charge on any atom is 0.300 e. The van der Waals surface area contributed by atoms with E-state index in [1.807, 2.05) is 27.7 Å². The Hall–Kier alpha value is -3.77. The molecular formula is C29H28ClNO5. The highest BCUT2D eigenvalue weighted by Gasteiger charge is 2.47. The lowest BCUT2D eigenvalue weighted by atomic mass is 9.94. The number of benzene rings is 3. The number of hydrogen-bond acceptors (Lipinski definition) is 5. The molecule has 3 aromatic carbocycles. The number of hydrogen-bond donors (Lipinski definition) is 1. The highest BCUT2D eigenvalue weighted by atomic mass is 35.5. The number of carbonyl (C=O) groups is 2. The SMILES string of the molecule is CCOc1cccc(C2/C(=C(\O)c3ccc(OC(C)C)c(C)c3)C(=O)C(=O)N2c2ccc(Cl)cc2)c1. The summed E-state index contributed by atoms with van der Waals surface area (Å²) in [5.41, 5.74) is 2.34. The number of amides is 1. The van der Waals surface area contributed by atoms with E-state index in [0.29, 0.717) is 39.9 Å². The normalized spacial score (nSPS) is 17.1. The van der Waals surface area contributed by atoms with Crippen molar-refractivity contribution in [3.63, 3.8) is 0 Å². The van der Waals surface area contributed by atoms with E-state index in [0.717, 1.165) is 5.56 Å². The lowest BCUT2D eigenvalue weighted by Gasteiger charge is -2.26. The maximum absolute atomic E-state index is 13.4. The molecule has 1 saturated heterocycles. The summed E-state index contributed by atoms with van der Waals surface area (Å²) < 4.78 is 11.5. The van der Waals surface area contributed by atoms with Gasteiger partial charge in [-0.3, -0.25) is 14.5 Å². The van der Waals surface area contributed by atoms with E-state index in [2.05, 4.69) is 0 Å². The minimum Gasteiger partial charge on any atom is -0.507 e. The van der Waals surface area contributed by atoms with Gasteiger partial charge < -0.3 is 14.6 Å². The van der Waals surface area contributed by atoms with Crippen LogP contribution in [-0.4, -0.2) is 29.5 Å². The summed E-state index contributed by atoms with van der Waals surface area (Å²) in [5.74, 6) is -0.473. The Labute approximate surface area is 215 Å². The van der Waals surface area contributed by atoms with Gasteiger partial charge in [0.1, 0.15) is 17.3 Å². The molecular weight excluding hydrogens is 478 g/mol. The van der Waals surface area contributed by atoms with Gasteiger partial charge in [0, 0.05) is 16.3 Å². The molecule has 0 spiro atoms. The number of ether oxygens (including phenoxy) is 2. The van der Waals surface area contributed by atoms with Gasteiger partial charge in [-0.15, -0.1) is 0 Å². The van der Waals surface area contributed by atoms with Crippen LogP contribution in [0.4, 0.5) is 5.69 Å². The lowest BCUT2D eigenvalue weighted by molar-refractivity contribution is -0.132. The Morgan fingerprint density at radius 2 is 1.78 bits per heavy atom. The fourth-order valence-corrected chi connectivity index (χ4v) is 4.42. The number of carbonyl (C=O) groups excluding carboxylic acids is 2. The molecule has 186 valence electrons. The fourth-order valence-electron chi connectivity index (χ4n) is 4.30. The molecule has 0 aromatic heterocycles. The molecule has 7 heteroatoms. The van der Waals surface area contributed by atoms with Crippen LogP contribution >= 0.6 is 11.6 Å². The standard InChI is InChI=1S/C29H28ClNO5/c1-5-35-23-8-6-7-19(16-23)26-25(27(32)20-9-14-24(18(4)15-20)36-17(2)3)28(33)29(34)31(26)22-12-10-21(30)11-13-22/h6-17,26,32H,5H2,1-4H3/b27-25+. The largest absolute Gasteiger partial charge is 0.507 e. The second-order valence-electron chi connectivity index (χ2n) is 8.80. The molecule has 3 aromatic rings. The minimum absolute atomic E-state index is 0.000487. The van der Waals surface area contributed by atoms with Crippen LogP contribution in [0.3, 0.4) is 0 Å². The van der Waals surface area contributed by atoms with Crippen molar-refractivity contribution in [3.8, 4) is 11.5 Å². The van der Waals surface area contributed by atoms with Crippen LogP contribution in [-0.2, 0) is 9.59 Å². The van der Waals surface area contributed by atoms with Gasteiger partial charge in [0.15, 0.2) is 0 Å². The third-order valence-electron chi connectivity index (χ3n) is 5.85. The number of rotatable bonds is 7. The third-order valence-corrected chi connectivity index (χ3v) is 6.10. The second-order valence-corrected chi connectivity index (χ2v) is 9.23. The molecule has 0 radical (unpaired) electrons. The smallest absolute Gasteiger partial charge is 0.300 e. The van der Waals surface area contributed by atoms with Crippen molar-refractivity contribution in [2.75, 3.05) is 11.5 Å². The van der Waals surface area contributed by atoms with Gasteiger partial charge in [0.2, 0.25) is 0 Å². The monoisotopic (exact) mass is 505 g/mol. The summed E-state index contributed by atoms with van der Waals surface area (Å²) >= 11 is 6.06. The molecule has 1 amide bonds. The van der Waals surface area contributed by atoms with Crippen molar-refractivity contribution >= 4 is 34.7 Å².